The van der Waals surface area contributed by atoms with E-state index >= 15 is 0 Å². The molecule has 0 aromatic heterocycles. The Bertz CT molecular complexity index is 984. The fourth-order valence-corrected chi connectivity index (χ4v) is 7.00. The molecule has 2 nitrogen and oxygen atoms in total. The molecular formula is C40H62O2. The standard InChI is InChI=1S/C40H62O2/c1-3-5-7-9-11-13-15-17-19-21-23-25-27-33-29-31-35-38-36(40(42)39(35)41)32-30-34(37(33)38)28-26-24-22-20-18-16-14-12-10-8-6-4-2/h29-32H,3-28H2,1-2H3. The first-order valence-corrected chi connectivity index (χ1v) is 18.4. The van der Waals surface area contributed by atoms with Gasteiger partial charge in [-0.3, -0.25) is 9.59 Å². The Labute approximate surface area is 258 Å². The van der Waals surface area contributed by atoms with Gasteiger partial charge in [-0.1, -0.05) is 167 Å². The molecule has 0 spiro atoms. The lowest BCUT2D eigenvalue weighted by Gasteiger charge is -2.13. The third-order valence-electron chi connectivity index (χ3n) is 9.63. The summed E-state index contributed by atoms with van der Waals surface area (Å²) in [5.41, 5.74) is 3.97. The van der Waals surface area contributed by atoms with Gasteiger partial charge < -0.3 is 0 Å². The molecule has 0 unspecified atom stereocenters. The van der Waals surface area contributed by atoms with Crippen LogP contribution in [0.2, 0.25) is 0 Å². The van der Waals surface area contributed by atoms with E-state index in [0.717, 1.165) is 18.2 Å². The fraction of sp³-hybridized carbons (Fsp3) is 0.700. The second kappa shape index (κ2) is 20.9. The van der Waals surface area contributed by atoms with Crippen molar-refractivity contribution in [2.24, 2.45) is 0 Å². The highest BCUT2D eigenvalue weighted by Gasteiger charge is 2.32. The number of ketones is 2. The van der Waals surface area contributed by atoms with Crippen LogP contribution in [0.1, 0.15) is 200 Å². The van der Waals surface area contributed by atoms with Crippen molar-refractivity contribution >= 4 is 22.3 Å². The average Bonchev–Trinajstić information content (AvgIpc) is 3.25. The molecule has 0 N–H and O–H groups in total. The number of unbranched alkanes of at least 4 members (excludes halogenated alkanes) is 22. The van der Waals surface area contributed by atoms with E-state index < -0.39 is 0 Å². The smallest absolute Gasteiger partial charge is 0.234 e. The van der Waals surface area contributed by atoms with E-state index in [-0.39, 0.29) is 11.6 Å². The predicted octanol–water partition coefficient (Wildman–Crippen LogP) is 12.7. The molecule has 0 bridgehead atoms. The summed E-state index contributed by atoms with van der Waals surface area (Å²) in [7, 11) is 0. The maximum absolute atomic E-state index is 12.7. The van der Waals surface area contributed by atoms with Gasteiger partial charge in [-0.2, -0.15) is 0 Å². The van der Waals surface area contributed by atoms with Crippen molar-refractivity contribution in [3.8, 4) is 0 Å². The monoisotopic (exact) mass is 574 g/mol. The first-order chi connectivity index (χ1) is 20.7. The summed E-state index contributed by atoms with van der Waals surface area (Å²) >= 11 is 0. The zero-order valence-electron chi connectivity index (χ0n) is 27.5. The van der Waals surface area contributed by atoms with E-state index in [2.05, 4.69) is 26.0 Å². The molecule has 1 aliphatic carbocycles. The topological polar surface area (TPSA) is 34.1 Å². The van der Waals surface area contributed by atoms with Crippen LogP contribution in [0.3, 0.4) is 0 Å². The van der Waals surface area contributed by atoms with Crippen molar-refractivity contribution < 1.29 is 9.59 Å². The van der Waals surface area contributed by atoms with Gasteiger partial charge in [-0.25, -0.2) is 0 Å². The van der Waals surface area contributed by atoms with Crippen molar-refractivity contribution in [2.75, 3.05) is 0 Å². The van der Waals surface area contributed by atoms with Gasteiger partial charge in [0.2, 0.25) is 11.6 Å². The molecular weight excluding hydrogens is 512 g/mol. The number of rotatable bonds is 26. The lowest BCUT2D eigenvalue weighted by atomic mass is 9.90. The van der Waals surface area contributed by atoms with Crippen LogP contribution in [-0.4, -0.2) is 11.6 Å². The third kappa shape index (κ3) is 11.3. The summed E-state index contributed by atoms with van der Waals surface area (Å²) in [6.45, 7) is 4.57. The van der Waals surface area contributed by atoms with Gasteiger partial charge in [0.05, 0.1) is 0 Å². The molecule has 0 heterocycles. The SMILES string of the molecule is CCCCCCCCCCCCCCc1ccc2c3c(ccc(CCCCCCCCCCCCCC)c13)C(=O)C2=O. The van der Waals surface area contributed by atoms with Crippen molar-refractivity contribution in [1.29, 1.82) is 0 Å². The predicted molar refractivity (Wildman–Crippen MR) is 182 cm³/mol. The molecule has 0 aliphatic heterocycles. The maximum atomic E-state index is 12.7. The van der Waals surface area contributed by atoms with E-state index in [9.17, 15) is 9.59 Å². The number of aryl methyl sites for hydroxylation is 2. The first kappa shape index (κ1) is 34.5. The largest absolute Gasteiger partial charge is 0.285 e. The molecule has 0 amide bonds. The van der Waals surface area contributed by atoms with Crippen molar-refractivity contribution in [2.45, 2.75) is 181 Å². The lowest BCUT2D eigenvalue weighted by Crippen LogP contribution is -2.05. The normalized spacial score (nSPS) is 12.7. The van der Waals surface area contributed by atoms with E-state index in [0.29, 0.717) is 11.1 Å². The highest BCUT2D eigenvalue weighted by Crippen LogP contribution is 2.36. The van der Waals surface area contributed by atoms with Crippen molar-refractivity contribution in [3.05, 3.63) is 46.5 Å². The van der Waals surface area contributed by atoms with Crippen LogP contribution in [0, 0.1) is 0 Å². The fourth-order valence-electron chi connectivity index (χ4n) is 7.00. The summed E-state index contributed by atoms with van der Waals surface area (Å²) in [4.78, 5) is 25.4. The zero-order valence-corrected chi connectivity index (χ0v) is 27.5. The van der Waals surface area contributed by atoms with E-state index in [4.69, 9.17) is 0 Å². The molecule has 2 aromatic rings. The van der Waals surface area contributed by atoms with E-state index in [1.807, 2.05) is 12.1 Å². The number of Topliss-reactive ketones (excluding diaryl/α,β-unsaturated/α-hetero) is 2. The quantitative estimate of drug-likeness (QED) is 0.0827. The average molecular weight is 575 g/mol. The molecule has 234 valence electrons. The summed E-state index contributed by atoms with van der Waals surface area (Å²) in [5.74, 6) is -0.621. The van der Waals surface area contributed by atoms with Crippen LogP contribution in [-0.2, 0) is 12.8 Å². The molecule has 2 heteroatoms. The minimum Gasteiger partial charge on any atom is -0.285 e. The van der Waals surface area contributed by atoms with Gasteiger partial charge in [0.25, 0.3) is 0 Å². The number of benzene rings is 2. The summed E-state index contributed by atoms with van der Waals surface area (Å²) in [5, 5.41) is 2.19. The second-order valence-corrected chi connectivity index (χ2v) is 13.2. The molecule has 0 saturated heterocycles. The molecule has 0 fully saturated rings. The van der Waals surface area contributed by atoms with Gasteiger partial charge in [-0.05, 0) is 54.3 Å². The van der Waals surface area contributed by atoms with Crippen LogP contribution in [0.5, 0.6) is 0 Å². The van der Waals surface area contributed by atoms with Gasteiger partial charge in [0.15, 0.2) is 0 Å². The van der Waals surface area contributed by atoms with Gasteiger partial charge >= 0.3 is 0 Å². The highest BCUT2D eigenvalue weighted by molar-refractivity contribution is 6.57. The molecule has 0 saturated carbocycles. The van der Waals surface area contributed by atoms with Crippen molar-refractivity contribution in [3.63, 3.8) is 0 Å². The number of carbonyl (C=O) groups excluding carboxylic acids is 2. The molecule has 1 aliphatic rings. The Balaban J connectivity index is 1.42. The third-order valence-corrected chi connectivity index (χ3v) is 9.63. The Morgan fingerprint density at radius 2 is 0.643 bits per heavy atom. The molecule has 3 rings (SSSR count). The van der Waals surface area contributed by atoms with Crippen LogP contribution in [0.15, 0.2) is 24.3 Å². The highest BCUT2D eigenvalue weighted by atomic mass is 16.2. The maximum Gasteiger partial charge on any atom is 0.234 e. The van der Waals surface area contributed by atoms with E-state index in [1.165, 1.54) is 171 Å². The van der Waals surface area contributed by atoms with Gasteiger partial charge in [0, 0.05) is 16.5 Å². The molecule has 0 atom stereocenters. The molecule has 42 heavy (non-hydrogen) atoms. The minimum absolute atomic E-state index is 0.311. The Morgan fingerprint density at radius 1 is 0.357 bits per heavy atom. The number of hydrogen-bond acceptors (Lipinski definition) is 2. The lowest BCUT2D eigenvalue weighted by molar-refractivity contribution is 0.0825. The van der Waals surface area contributed by atoms with Crippen molar-refractivity contribution in [1.82, 2.24) is 0 Å². The summed E-state index contributed by atoms with van der Waals surface area (Å²) < 4.78 is 0. The molecule has 0 radical (unpaired) electrons. The Hall–Kier alpha value is -1.96. The minimum atomic E-state index is -0.311. The van der Waals surface area contributed by atoms with Crippen LogP contribution < -0.4 is 0 Å². The van der Waals surface area contributed by atoms with E-state index in [1.54, 1.807) is 0 Å². The first-order valence-electron chi connectivity index (χ1n) is 18.4. The Kier molecular flexibility index (Phi) is 17.1. The molecule has 2 aromatic carbocycles. The summed E-state index contributed by atoms with van der Waals surface area (Å²) in [6, 6.07) is 8.18. The Morgan fingerprint density at radius 3 is 0.952 bits per heavy atom. The summed E-state index contributed by atoms with van der Waals surface area (Å²) in [6.07, 6.45) is 34.7. The van der Waals surface area contributed by atoms with Crippen LogP contribution >= 0.6 is 0 Å². The number of carbonyl (C=O) groups is 2. The van der Waals surface area contributed by atoms with Gasteiger partial charge in [0.1, 0.15) is 0 Å². The zero-order chi connectivity index (χ0) is 29.8. The second-order valence-electron chi connectivity index (χ2n) is 13.2. The number of hydrogen-bond donors (Lipinski definition) is 0. The van der Waals surface area contributed by atoms with Crippen LogP contribution in [0.4, 0.5) is 0 Å². The van der Waals surface area contributed by atoms with Crippen LogP contribution in [0.25, 0.3) is 10.8 Å². The van der Waals surface area contributed by atoms with Gasteiger partial charge in [-0.15, -0.1) is 0 Å².